The summed E-state index contributed by atoms with van der Waals surface area (Å²) < 4.78 is 26.9. The molecule has 0 bridgehead atoms. The van der Waals surface area contributed by atoms with E-state index < -0.39 is 10.0 Å². The molecule has 2 aromatic carbocycles. The largest absolute Gasteiger partial charge is 0.311 e. The molecule has 0 spiro atoms. The molecule has 1 N–H and O–H groups in total. The Balaban J connectivity index is 1.68. The molecule has 1 amide bonds. The normalized spacial score (nSPS) is 14.6. The van der Waals surface area contributed by atoms with Gasteiger partial charge >= 0.3 is 0 Å². The summed E-state index contributed by atoms with van der Waals surface area (Å²) in [6.07, 6.45) is 1.20. The van der Waals surface area contributed by atoms with Crippen LogP contribution in [0, 0.1) is 0 Å². The molecule has 0 saturated heterocycles. The van der Waals surface area contributed by atoms with Gasteiger partial charge in [-0.1, -0.05) is 36.4 Å². The van der Waals surface area contributed by atoms with E-state index in [1.54, 1.807) is 35.2 Å². The lowest BCUT2D eigenvalue weighted by Crippen LogP contribution is -2.41. The first-order valence-electron chi connectivity index (χ1n) is 7.51. The van der Waals surface area contributed by atoms with Gasteiger partial charge in [-0.05, 0) is 30.2 Å². The standard InChI is InChI=1S/C17H18N2O3S/c20-17-11-10-14-6-4-5-9-16(14)19(17)13-12-18-23(21,22)15-7-2-1-3-8-15/h1-9,18H,10-13H2. The number of carbonyl (C=O) groups is 1. The molecule has 23 heavy (non-hydrogen) atoms. The van der Waals surface area contributed by atoms with E-state index in [0.29, 0.717) is 13.0 Å². The van der Waals surface area contributed by atoms with Crippen molar-refractivity contribution in [3.05, 3.63) is 60.2 Å². The van der Waals surface area contributed by atoms with Crippen LogP contribution in [-0.2, 0) is 21.2 Å². The molecule has 1 aliphatic rings. The third kappa shape index (κ3) is 3.43. The number of sulfonamides is 1. The summed E-state index contributed by atoms with van der Waals surface area (Å²) in [6.45, 7) is 0.499. The van der Waals surface area contributed by atoms with Gasteiger partial charge < -0.3 is 4.90 Å². The summed E-state index contributed by atoms with van der Waals surface area (Å²) in [7, 11) is -3.54. The van der Waals surface area contributed by atoms with Crippen molar-refractivity contribution in [3.8, 4) is 0 Å². The summed E-state index contributed by atoms with van der Waals surface area (Å²) in [6, 6.07) is 16.0. The number of carbonyl (C=O) groups excluding carboxylic acids is 1. The molecule has 0 saturated carbocycles. The van der Waals surface area contributed by atoms with Gasteiger partial charge in [0.2, 0.25) is 15.9 Å². The van der Waals surface area contributed by atoms with Crippen LogP contribution in [0.25, 0.3) is 0 Å². The van der Waals surface area contributed by atoms with Crippen LogP contribution in [0.3, 0.4) is 0 Å². The Hall–Kier alpha value is -2.18. The molecule has 5 nitrogen and oxygen atoms in total. The molecule has 0 fully saturated rings. The van der Waals surface area contributed by atoms with Crippen molar-refractivity contribution in [2.75, 3.05) is 18.0 Å². The molecule has 2 aromatic rings. The monoisotopic (exact) mass is 330 g/mol. The van der Waals surface area contributed by atoms with E-state index in [-0.39, 0.29) is 17.3 Å². The van der Waals surface area contributed by atoms with E-state index in [0.717, 1.165) is 17.7 Å². The number of amides is 1. The minimum Gasteiger partial charge on any atom is -0.311 e. The molecule has 3 rings (SSSR count). The molecule has 0 unspecified atom stereocenters. The average molecular weight is 330 g/mol. The van der Waals surface area contributed by atoms with Gasteiger partial charge in [-0.25, -0.2) is 13.1 Å². The minimum absolute atomic E-state index is 0.0302. The van der Waals surface area contributed by atoms with Gasteiger partial charge in [0.05, 0.1) is 4.90 Å². The predicted molar refractivity (Wildman–Crippen MR) is 88.7 cm³/mol. The number of hydrogen-bond acceptors (Lipinski definition) is 3. The topological polar surface area (TPSA) is 66.5 Å². The zero-order valence-corrected chi connectivity index (χ0v) is 13.4. The van der Waals surface area contributed by atoms with E-state index >= 15 is 0 Å². The summed E-state index contributed by atoms with van der Waals surface area (Å²) in [5.41, 5.74) is 2.00. The van der Waals surface area contributed by atoms with E-state index in [4.69, 9.17) is 0 Å². The number of aryl methyl sites for hydroxylation is 1. The third-order valence-electron chi connectivity index (χ3n) is 3.87. The second-order valence-electron chi connectivity index (χ2n) is 5.38. The number of nitrogens with one attached hydrogen (secondary N) is 1. The predicted octanol–water partition coefficient (Wildman–Crippen LogP) is 1.94. The van der Waals surface area contributed by atoms with Gasteiger partial charge in [0.25, 0.3) is 0 Å². The summed E-state index contributed by atoms with van der Waals surface area (Å²) in [5.74, 6) is 0.0302. The van der Waals surface area contributed by atoms with E-state index in [1.165, 1.54) is 0 Å². The Morgan fingerprint density at radius 2 is 1.65 bits per heavy atom. The van der Waals surface area contributed by atoms with Crippen molar-refractivity contribution in [1.29, 1.82) is 0 Å². The Bertz CT molecular complexity index is 804. The number of anilines is 1. The fourth-order valence-corrected chi connectivity index (χ4v) is 3.76. The van der Waals surface area contributed by atoms with Crippen LogP contribution in [0.2, 0.25) is 0 Å². The van der Waals surface area contributed by atoms with Crippen molar-refractivity contribution in [2.45, 2.75) is 17.7 Å². The fourth-order valence-electron chi connectivity index (χ4n) is 2.72. The first-order valence-corrected chi connectivity index (χ1v) is 8.99. The van der Waals surface area contributed by atoms with Gasteiger partial charge in [0.15, 0.2) is 0 Å². The molecule has 0 aliphatic carbocycles. The van der Waals surface area contributed by atoms with Crippen molar-refractivity contribution < 1.29 is 13.2 Å². The Morgan fingerprint density at radius 1 is 0.957 bits per heavy atom. The molecule has 1 heterocycles. The van der Waals surface area contributed by atoms with Crippen molar-refractivity contribution in [1.82, 2.24) is 4.72 Å². The number of para-hydroxylation sites is 1. The number of benzene rings is 2. The molecule has 0 radical (unpaired) electrons. The molecular formula is C17H18N2O3S. The molecular weight excluding hydrogens is 312 g/mol. The lowest BCUT2D eigenvalue weighted by molar-refractivity contribution is -0.118. The lowest BCUT2D eigenvalue weighted by Gasteiger charge is -2.29. The first-order chi connectivity index (χ1) is 11.1. The van der Waals surface area contributed by atoms with Crippen LogP contribution >= 0.6 is 0 Å². The Kier molecular flexibility index (Phi) is 4.45. The van der Waals surface area contributed by atoms with Crippen molar-refractivity contribution >= 4 is 21.6 Å². The maximum absolute atomic E-state index is 12.2. The third-order valence-corrected chi connectivity index (χ3v) is 5.35. The SMILES string of the molecule is O=C1CCc2ccccc2N1CCNS(=O)(=O)c1ccccc1. The maximum Gasteiger partial charge on any atom is 0.240 e. The maximum atomic E-state index is 12.2. The quantitative estimate of drug-likeness (QED) is 0.911. The Labute approximate surface area is 136 Å². The van der Waals surface area contributed by atoms with Gasteiger partial charge in [-0.15, -0.1) is 0 Å². The number of nitrogens with zero attached hydrogens (tertiary/aromatic N) is 1. The highest BCUT2D eigenvalue weighted by Gasteiger charge is 2.23. The smallest absolute Gasteiger partial charge is 0.240 e. The van der Waals surface area contributed by atoms with Gasteiger partial charge in [-0.2, -0.15) is 0 Å². The molecule has 1 aliphatic heterocycles. The Morgan fingerprint density at radius 3 is 2.43 bits per heavy atom. The van der Waals surface area contributed by atoms with Gasteiger partial charge in [0.1, 0.15) is 0 Å². The first kappa shape index (κ1) is 15.7. The van der Waals surface area contributed by atoms with Crippen LogP contribution in [0.1, 0.15) is 12.0 Å². The summed E-state index contributed by atoms with van der Waals surface area (Å²) in [4.78, 5) is 14.0. The van der Waals surface area contributed by atoms with Crippen molar-refractivity contribution in [2.24, 2.45) is 0 Å². The van der Waals surface area contributed by atoms with E-state index in [9.17, 15) is 13.2 Å². The second-order valence-corrected chi connectivity index (χ2v) is 7.15. The minimum atomic E-state index is -3.54. The number of hydrogen-bond donors (Lipinski definition) is 1. The molecule has 6 heteroatoms. The van der Waals surface area contributed by atoms with Crippen LogP contribution in [-0.4, -0.2) is 27.4 Å². The number of fused-ring (bicyclic) bond motifs is 1. The fraction of sp³-hybridized carbons (Fsp3) is 0.235. The van der Waals surface area contributed by atoms with Crippen LogP contribution in [0.15, 0.2) is 59.5 Å². The zero-order chi connectivity index (χ0) is 16.3. The van der Waals surface area contributed by atoms with Crippen LogP contribution in [0.5, 0.6) is 0 Å². The van der Waals surface area contributed by atoms with E-state index in [2.05, 4.69) is 4.72 Å². The number of rotatable bonds is 5. The van der Waals surface area contributed by atoms with Gasteiger partial charge in [0, 0.05) is 25.2 Å². The highest BCUT2D eigenvalue weighted by molar-refractivity contribution is 7.89. The molecule has 120 valence electrons. The van der Waals surface area contributed by atoms with Gasteiger partial charge in [-0.3, -0.25) is 4.79 Å². The van der Waals surface area contributed by atoms with Crippen LogP contribution < -0.4 is 9.62 Å². The molecule has 0 atom stereocenters. The second kappa shape index (κ2) is 6.52. The lowest BCUT2D eigenvalue weighted by atomic mass is 10.0. The summed E-state index contributed by atoms with van der Waals surface area (Å²) >= 11 is 0. The van der Waals surface area contributed by atoms with E-state index in [1.807, 2.05) is 24.3 Å². The molecule has 0 aromatic heterocycles. The van der Waals surface area contributed by atoms with Crippen molar-refractivity contribution in [3.63, 3.8) is 0 Å². The highest BCUT2D eigenvalue weighted by Crippen LogP contribution is 2.26. The van der Waals surface area contributed by atoms with Crippen LogP contribution in [0.4, 0.5) is 5.69 Å². The summed E-state index contributed by atoms with van der Waals surface area (Å²) in [5, 5.41) is 0. The highest BCUT2D eigenvalue weighted by atomic mass is 32.2. The zero-order valence-electron chi connectivity index (χ0n) is 12.6. The average Bonchev–Trinajstić information content (AvgIpc) is 2.57.